The highest BCUT2D eigenvalue weighted by atomic mass is 14.9. The van der Waals surface area contributed by atoms with Gasteiger partial charge in [0, 0.05) is 12.6 Å². The largest absolute Gasteiger partial charge is 0.313 e. The maximum Gasteiger partial charge on any atom is 0.00876 e. The Kier molecular flexibility index (Phi) is 4.84. The minimum absolute atomic E-state index is 0.405. The van der Waals surface area contributed by atoms with Crippen LogP contribution in [0.15, 0.2) is 0 Å². The summed E-state index contributed by atoms with van der Waals surface area (Å²) in [7, 11) is 0. The Hall–Kier alpha value is -0.0400. The summed E-state index contributed by atoms with van der Waals surface area (Å²) in [5, 5.41) is 3.61. The molecule has 1 nitrogen and oxygen atoms in total. The summed E-state index contributed by atoms with van der Waals surface area (Å²) < 4.78 is 0. The van der Waals surface area contributed by atoms with Crippen LogP contribution in [-0.4, -0.2) is 12.6 Å². The van der Waals surface area contributed by atoms with Crippen LogP contribution in [0.2, 0.25) is 0 Å². The van der Waals surface area contributed by atoms with Gasteiger partial charge in [0.25, 0.3) is 0 Å². The fourth-order valence-corrected chi connectivity index (χ4v) is 1.29. The Balaban J connectivity index is 3.73. The second-order valence-electron chi connectivity index (χ2n) is 5.20. The molecule has 0 fully saturated rings. The molecular formula is C11H25N. The topological polar surface area (TPSA) is 12.0 Å². The average molecular weight is 171 g/mol. The van der Waals surface area contributed by atoms with E-state index in [1.165, 1.54) is 6.42 Å². The summed E-state index contributed by atoms with van der Waals surface area (Å²) in [6.07, 6.45) is 1.23. The van der Waals surface area contributed by atoms with E-state index in [2.05, 4.69) is 46.9 Å². The van der Waals surface area contributed by atoms with Gasteiger partial charge < -0.3 is 5.32 Å². The van der Waals surface area contributed by atoms with Gasteiger partial charge >= 0.3 is 0 Å². The molecule has 1 atom stereocenters. The predicted octanol–water partition coefficient (Wildman–Crippen LogP) is 3.06. The molecule has 0 heterocycles. The highest BCUT2D eigenvalue weighted by molar-refractivity contribution is 4.73. The predicted molar refractivity (Wildman–Crippen MR) is 56.4 cm³/mol. The lowest BCUT2D eigenvalue weighted by Crippen LogP contribution is -2.38. The van der Waals surface area contributed by atoms with Crippen molar-refractivity contribution in [2.24, 2.45) is 11.3 Å². The zero-order chi connectivity index (χ0) is 9.78. The number of nitrogens with one attached hydrogen (secondary N) is 1. The molecule has 12 heavy (non-hydrogen) atoms. The van der Waals surface area contributed by atoms with Crippen molar-refractivity contribution < 1.29 is 0 Å². The van der Waals surface area contributed by atoms with Crippen LogP contribution in [0.5, 0.6) is 0 Å². The quantitative estimate of drug-likeness (QED) is 0.685. The van der Waals surface area contributed by atoms with Crippen LogP contribution < -0.4 is 5.32 Å². The van der Waals surface area contributed by atoms with Gasteiger partial charge in [0.1, 0.15) is 0 Å². The van der Waals surface area contributed by atoms with E-state index in [4.69, 9.17) is 0 Å². The summed E-state index contributed by atoms with van der Waals surface area (Å²) in [4.78, 5) is 0. The fourth-order valence-electron chi connectivity index (χ4n) is 1.29. The molecule has 0 aromatic rings. The van der Waals surface area contributed by atoms with E-state index in [-0.39, 0.29) is 0 Å². The van der Waals surface area contributed by atoms with Gasteiger partial charge in [-0.25, -0.2) is 0 Å². The summed E-state index contributed by atoms with van der Waals surface area (Å²) in [6, 6.07) is 0.684. The lowest BCUT2D eigenvalue weighted by molar-refractivity contribution is 0.309. The molecule has 0 rings (SSSR count). The third-order valence-electron chi connectivity index (χ3n) is 2.14. The lowest BCUT2D eigenvalue weighted by atomic mass is 9.94. The number of rotatable bonds is 4. The van der Waals surface area contributed by atoms with Gasteiger partial charge in [-0.3, -0.25) is 0 Å². The molecule has 0 spiro atoms. The van der Waals surface area contributed by atoms with E-state index in [0.717, 1.165) is 12.5 Å². The Labute approximate surface area is 77.9 Å². The van der Waals surface area contributed by atoms with Gasteiger partial charge in [0.15, 0.2) is 0 Å². The molecular weight excluding hydrogens is 146 g/mol. The molecule has 0 aromatic heterocycles. The van der Waals surface area contributed by atoms with E-state index in [1.807, 2.05) is 0 Å². The number of hydrogen-bond donors (Lipinski definition) is 1. The molecule has 0 saturated heterocycles. The minimum atomic E-state index is 0.405. The van der Waals surface area contributed by atoms with E-state index in [0.29, 0.717) is 11.5 Å². The van der Waals surface area contributed by atoms with Crippen LogP contribution in [0.1, 0.15) is 48.0 Å². The molecule has 0 bridgehead atoms. The standard InChI is InChI=1S/C11H25N/c1-7-10(9(2)3)12-8-11(4,5)6/h9-10,12H,7-8H2,1-6H3. The SMILES string of the molecule is CCC(NCC(C)(C)C)C(C)C. The first kappa shape index (κ1) is 12.0. The van der Waals surface area contributed by atoms with Crippen LogP contribution in [-0.2, 0) is 0 Å². The van der Waals surface area contributed by atoms with E-state index in [9.17, 15) is 0 Å². The average Bonchev–Trinajstić information content (AvgIpc) is 1.85. The van der Waals surface area contributed by atoms with E-state index >= 15 is 0 Å². The van der Waals surface area contributed by atoms with Crippen molar-refractivity contribution in [3.8, 4) is 0 Å². The molecule has 74 valence electrons. The zero-order valence-corrected chi connectivity index (χ0v) is 9.57. The first-order valence-electron chi connectivity index (χ1n) is 5.10. The fraction of sp³-hybridized carbons (Fsp3) is 1.00. The molecule has 1 N–H and O–H groups in total. The Bertz CT molecular complexity index is 111. The van der Waals surface area contributed by atoms with Crippen LogP contribution in [0.3, 0.4) is 0 Å². The molecule has 1 heteroatoms. The Morgan fingerprint density at radius 2 is 1.67 bits per heavy atom. The molecule has 0 aliphatic heterocycles. The summed E-state index contributed by atoms with van der Waals surface area (Å²) in [5.74, 6) is 0.748. The van der Waals surface area contributed by atoms with Crippen molar-refractivity contribution in [3.05, 3.63) is 0 Å². The van der Waals surface area contributed by atoms with Crippen molar-refractivity contribution in [1.29, 1.82) is 0 Å². The Morgan fingerprint density at radius 3 is 1.92 bits per heavy atom. The van der Waals surface area contributed by atoms with Crippen LogP contribution in [0, 0.1) is 11.3 Å². The van der Waals surface area contributed by atoms with Gasteiger partial charge in [-0.1, -0.05) is 41.5 Å². The summed E-state index contributed by atoms with van der Waals surface area (Å²) in [6.45, 7) is 14.7. The minimum Gasteiger partial charge on any atom is -0.313 e. The third kappa shape index (κ3) is 5.59. The maximum absolute atomic E-state index is 3.61. The third-order valence-corrected chi connectivity index (χ3v) is 2.14. The molecule has 0 aromatic carbocycles. The lowest BCUT2D eigenvalue weighted by Gasteiger charge is -2.26. The van der Waals surface area contributed by atoms with E-state index < -0.39 is 0 Å². The molecule has 0 aliphatic carbocycles. The van der Waals surface area contributed by atoms with Gasteiger partial charge in [-0.2, -0.15) is 0 Å². The summed E-state index contributed by atoms with van der Waals surface area (Å²) in [5.41, 5.74) is 0.405. The monoisotopic (exact) mass is 171 g/mol. The smallest absolute Gasteiger partial charge is 0.00876 e. The van der Waals surface area contributed by atoms with Gasteiger partial charge in [-0.05, 0) is 17.8 Å². The first-order valence-corrected chi connectivity index (χ1v) is 5.10. The van der Waals surface area contributed by atoms with Crippen molar-refractivity contribution >= 4 is 0 Å². The van der Waals surface area contributed by atoms with Crippen molar-refractivity contribution in [2.45, 2.75) is 54.0 Å². The molecule has 0 aliphatic rings. The molecule has 0 amide bonds. The first-order chi connectivity index (χ1) is 5.37. The van der Waals surface area contributed by atoms with E-state index in [1.54, 1.807) is 0 Å². The molecule has 0 radical (unpaired) electrons. The zero-order valence-electron chi connectivity index (χ0n) is 9.57. The van der Waals surface area contributed by atoms with Gasteiger partial charge in [0.2, 0.25) is 0 Å². The maximum atomic E-state index is 3.61. The van der Waals surface area contributed by atoms with Crippen LogP contribution in [0.4, 0.5) is 0 Å². The van der Waals surface area contributed by atoms with Crippen molar-refractivity contribution in [1.82, 2.24) is 5.32 Å². The second kappa shape index (κ2) is 4.86. The van der Waals surface area contributed by atoms with Crippen molar-refractivity contribution in [2.75, 3.05) is 6.54 Å². The van der Waals surface area contributed by atoms with Gasteiger partial charge in [0.05, 0.1) is 0 Å². The van der Waals surface area contributed by atoms with Crippen LogP contribution >= 0.6 is 0 Å². The second-order valence-corrected chi connectivity index (χ2v) is 5.20. The number of hydrogen-bond acceptors (Lipinski definition) is 1. The van der Waals surface area contributed by atoms with Crippen molar-refractivity contribution in [3.63, 3.8) is 0 Å². The van der Waals surface area contributed by atoms with Gasteiger partial charge in [-0.15, -0.1) is 0 Å². The highest BCUT2D eigenvalue weighted by Crippen LogP contribution is 2.13. The molecule has 1 unspecified atom stereocenters. The van der Waals surface area contributed by atoms with Crippen LogP contribution in [0.25, 0.3) is 0 Å². The normalized spacial score (nSPS) is 15.2. The summed E-state index contributed by atoms with van der Waals surface area (Å²) >= 11 is 0. The molecule has 0 saturated carbocycles. The highest BCUT2D eigenvalue weighted by Gasteiger charge is 2.15. The Morgan fingerprint density at radius 1 is 1.17 bits per heavy atom.